The monoisotopic (exact) mass is 318 g/mol. The van der Waals surface area contributed by atoms with Crippen LogP contribution in [0.1, 0.15) is 17.5 Å². The predicted molar refractivity (Wildman–Crippen MR) is 89.2 cm³/mol. The maximum atomic E-state index is 11.9. The van der Waals surface area contributed by atoms with Gasteiger partial charge in [-0.15, -0.1) is 0 Å². The molecule has 0 saturated carbocycles. The van der Waals surface area contributed by atoms with E-state index in [0.29, 0.717) is 24.5 Å². The molecule has 0 unspecified atom stereocenters. The average Bonchev–Trinajstić information content (AvgIpc) is 2.49. The van der Waals surface area contributed by atoms with Gasteiger partial charge in [0.2, 0.25) is 5.91 Å². The summed E-state index contributed by atoms with van der Waals surface area (Å²) in [7, 11) is 0. The van der Waals surface area contributed by atoms with Crippen LogP contribution >= 0.6 is 11.6 Å². The highest BCUT2D eigenvalue weighted by molar-refractivity contribution is 6.31. The van der Waals surface area contributed by atoms with E-state index in [0.717, 1.165) is 16.8 Å². The topological polar surface area (TPSA) is 61.4 Å². The Morgan fingerprint density at radius 3 is 2.77 bits per heavy atom. The summed E-state index contributed by atoms with van der Waals surface area (Å²) in [6, 6.07) is 12.5. The van der Waals surface area contributed by atoms with Crippen LogP contribution < -0.4 is 10.6 Å². The van der Waals surface area contributed by atoms with E-state index in [-0.39, 0.29) is 11.7 Å². The highest BCUT2D eigenvalue weighted by Crippen LogP contribution is 2.22. The van der Waals surface area contributed by atoms with E-state index < -0.39 is 0 Å². The molecule has 0 aliphatic carbocycles. The van der Waals surface area contributed by atoms with Gasteiger partial charge in [0.15, 0.2) is 0 Å². The van der Waals surface area contributed by atoms with E-state index in [9.17, 15) is 9.90 Å². The number of carbonyl (C=O) groups is 1. The Morgan fingerprint density at radius 1 is 1.23 bits per heavy atom. The lowest BCUT2D eigenvalue weighted by Crippen LogP contribution is -2.21. The molecule has 0 aliphatic rings. The molecule has 116 valence electrons. The van der Waals surface area contributed by atoms with E-state index in [1.807, 2.05) is 25.1 Å². The number of phenolic OH excluding ortho intramolecular Hbond substituents is 1. The quantitative estimate of drug-likeness (QED) is 0.715. The molecule has 0 saturated heterocycles. The van der Waals surface area contributed by atoms with Crippen LogP contribution in [0.5, 0.6) is 5.75 Å². The van der Waals surface area contributed by atoms with Crippen molar-refractivity contribution in [1.82, 2.24) is 5.32 Å². The maximum absolute atomic E-state index is 11.9. The van der Waals surface area contributed by atoms with Crippen molar-refractivity contribution in [1.29, 1.82) is 0 Å². The number of amides is 1. The summed E-state index contributed by atoms with van der Waals surface area (Å²) in [5.74, 6) is 0.183. The molecule has 2 aromatic rings. The standard InChI is InChI=1S/C17H19ClN2O2/c1-12-15(18)6-3-7-16(12)20-17(22)8-9-19-11-13-4-2-5-14(21)10-13/h2-7,10,19,21H,8-9,11H2,1H3,(H,20,22). The molecule has 0 atom stereocenters. The number of nitrogens with one attached hydrogen (secondary N) is 2. The summed E-state index contributed by atoms with van der Waals surface area (Å²) < 4.78 is 0. The Bertz CT molecular complexity index is 659. The number of halogens is 1. The summed E-state index contributed by atoms with van der Waals surface area (Å²) in [6.07, 6.45) is 0.366. The molecule has 2 rings (SSSR count). The number of carbonyl (C=O) groups excluding carboxylic acids is 1. The number of phenols is 1. The van der Waals surface area contributed by atoms with Gasteiger partial charge in [0.25, 0.3) is 0 Å². The average molecular weight is 319 g/mol. The van der Waals surface area contributed by atoms with Gasteiger partial charge in [-0.1, -0.05) is 29.8 Å². The SMILES string of the molecule is Cc1c(Cl)cccc1NC(=O)CCNCc1cccc(O)c1. The second-order valence-electron chi connectivity index (χ2n) is 5.06. The van der Waals surface area contributed by atoms with E-state index >= 15 is 0 Å². The molecule has 0 radical (unpaired) electrons. The summed E-state index contributed by atoms with van der Waals surface area (Å²) in [6.45, 7) is 3.04. The molecule has 0 aromatic heterocycles. The van der Waals surface area contributed by atoms with Gasteiger partial charge in [-0.05, 0) is 42.3 Å². The molecule has 5 heteroatoms. The van der Waals surface area contributed by atoms with Crippen molar-refractivity contribution in [2.45, 2.75) is 19.9 Å². The van der Waals surface area contributed by atoms with Crippen molar-refractivity contribution < 1.29 is 9.90 Å². The van der Waals surface area contributed by atoms with Gasteiger partial charge in [-0.3, -0.25) is 4.79 Å². The molecule has 1 amide bonds. The van der Waals surface area contributed by atoms with Gasteiger partial charge in [-0.2, -0.15) is 0 Å². The van der Waals surface area contributed by atoms with Crippen LogP contribution in [0.2, 0.25) is 5.02 Å². The molecular formula is C17H19ClN2O2. The minimum absolute atomic E-state index is 0.0613. The second kappa shape index (κ2) is 7.82. The van der Waals surface area contributed by atoms with Crippen molar-refractivity contribution in [2.24, 2.45) is 0 Å². The molecular weight excluding hydrogens is 300 g/mol. The van der Waals surface area contributed by atoms with Crippen molar-refractivity contribution in [3.05, 3.63) is 58.6 Å². The minimum atomic E-state index is -0.0613. The third-order valence-electron chi connectivity index (χ3n) is 3.31. The molecule has 0 heterocycles. The van der Waals surface area contributed by atoms with Crippen molar-refractivity contribution in [3.63, 3.8) is 0 Å². The molecule has 0 fully saturated rings. The fourth-order valence-corrected chi connectivity index (χ4v) is 2.23. The Morgan fingerprint density at radius 2 is 2.00 bits per heavy atom. The Hall–Kier alpha value is -2.04. The van der Waals surface area contributed by atoms with Crippen LogP contribution in [0.4, 0.5) is 5.69 Å². The van der Waals surface area contributed by atoms with Crippen LogP contribution in [0.15, 0.2) is 42.5 Å². The van der Waals surface area contributed by atoms with Gasteiger partial charge in [-0.25, -0.2) is 0 Å². The molecule has 4 nitrogen and oxygen atoms in total. The smallest absolute Gasteiger partial charge is 0.225 e. The Labute approximate surface area is 135 Å². The predicted octanol–water partition coefficient (Wildman–Crippen LogP) is 3.47. The molecule has 2 aromatic carbocycles. The summed E-state index contributed by atoms with van der Waals surface area (Å²) in [5, 5.41) is 16.0. The minimum Gasteiger partial charge on any atom is -0.508 e. The maximum Gasteiger partial charge on any atom is 0.225 e. The highest BCUT2D eigenvalue weighted by atomic mass is 35.5. The Kier molecular flexibility index (Phi) is 5.81. The Balaban J connectivity index is 1.75. The lowest BCUT2D eigenvalue weighted by Gasteiger charge is -2.10. The van der Waals surface area contributed by atoms with Crippen molar-refractivity contribution >= 4 is 23.2 Å². The van der Waals surface area contributed by atoms with Gasteiger partial charge < -0.3 is 15.7 Å². The lowest BCUT2D eigenvalue weighted by molar-refractivity contribution is -0.116. The van der Waals surface area contributed by atoms with E-state index in [1.165, 1.54) is 0 Å². The van der Waals surface area contributed by atoms with Crippen LogP contribution in [-0.2, 0) is 11.3 Å². The van der Waals surface area contributed by atoms with Crippen molar-refractivity contribution in [3.8, 4) is 5.75 Å². The molecule has 3 N–H and O–H groups in total. The first-order valence-electron chi connectivity index (χ1n) is 7.10. The van der Waals surface area contributed by atoms with Gasteiger partial charge in [0, 0.05) is 30.2 Å². The van der Waals surface area contributed by atoms with Crippen LogP contribution in [0.25, 0.3) is 0 Å². The van der Waals surface area contributed by atoms with Gasteiger partial charge >= 0.3 is 0 Å². The summed E-state index contributed by atoms with van der Waals surface area (Å²) in [5.41, 5.74) is 2.59. The van der Waals surface area contributed by atoms with Crippen LogP contribution in [0.3, 0.4) is 0 Å². The number of hydrogen-bond donors (Lipinski definition) is 3. The first kappa shape index (κ1) is 16.3. The third kappa shape index (κ3) is 4.76. The van der Waals surface area contributed by atoms with Gasteiger partial charge in [0.1, 0.15) is 5.75 Å². The number of rotatable bonds is 6. The van der Waals surface area contributed by atoms with Crippen LogP contribution in [0, 0.1) is 6.92 Å². The first-order chi connectivity index (χ1) is 10.6. The first-order valence-corrected chi connectivity index (χ1v) is 7.47. The number of anilines is 1. The summed E-state index contributed by atoms with van der Waals surface area (Å²) in [4.78, 5) is 11.9. The molecule has 0 aliphatic heterocycles. The lowest BCUT2D eigenvalue weighted by atomic mass is 10.2. The summed E-state index contributed by atoms with van der Waals surface area (Å²) >= 11 is 6.02. The number of hydrogen-bond acceptors (Lipinski definition) is 3. The third-order valence-corrected chi connectivity index (χ3v) is 3.72. The zero-order valence-electron chi connectivity index (χ0n) is 12.4. The zero-order valence-corrected chi connectivity index (χ0v) is 13.2. The fourth-order valence-electron chi connectivity index (χ4n) is 2.06. The molecule has 0 bridgehead atoms. The van der Waals surface area contributed by atoms with E-state index in [2.05, 4.69) is 10.6 Å². The fraction of sp³-hybridized carbons (Fsp3) is 0.235. The zero-order chi connectivity index (χ0) is 15.9. The van der Waals surface area contributed by atoms with Gasteiger partial charge in [0.05, 0.1) is 0 Å². The van der Waals surface area contributed by atoms with Crippen molar-refractivity contribution in [2.75, 3.05) is 11.9 Å². The molecule has 0 spiro atoms. The normalized spacial score (nSPS) is 10.5. The van der Waals surface area contributed by atoms with Crippen LogP contribution in [-0.4, -0.2) is 17.6 Å². The van der Waals surface area contributed by atoms with E-state index in [4.69, 9.17) is 11.6 Å². The number of benzene rings is 2. The molecule has 22 heavy (non-hydrogen) atoms. The highest BCUT2D eigenvalue weighted by Gasteiger charge is 2.06. The largest absolute Gasteiger partial charge is 0.508 e. The number of aromatic hydroxyl groups is 1. The van der Waals surface area contributed by atoms with E-state index in [1.54, 1.807) is 24.3 Å². The second-order valence-corrected chi connectivity index (χ2v) is 5.46.